The number of amides is 1. The van der Waals surface area contributed by atoms with Gasteiger partial charge in [0.1, 0.15) is 11.6 Å². The molecule has 0 aliphatic carbocycles. The number of fused-ring (bicyclic) bond motifs is 1. The quantitative estimate of drug-likeness (QED) is 0.829. The Balaban J connectivity index is 0.00000156. The van der Waals surface area contributed by atoms with Crippen LogP contribution < -0.4 is 11.1 Å². The second kappa shape index (κ2) is 8.80. The van der Waals surface area contributed by atoms with Crippen LogP contribution in [0.1, 0.15) is 18.7 Å². The first-order valence-electron chi connectivity index (χ1n) is 7.75. The summed E-state index contributed by atoms with van der Waals surface area (Å²) in [7, 11) is 1.88. The van der Waals surface area contributed by atoms with Gasteiger partial charge in [-0.1, -0.05) is 0 Å². The predicted octanol–water partition coefficient (Wildman–Crippen LogP) is 1.72. The summed E-state index contributed by atoms with van der Waals surface area (Å²) in [5.74, 6) is 0.342. The van der Waals surface area contributed by atoms with Crippen LogP contribution in [0.25, 0.3) is 11.0 Å². The molecule has 25 heavy (non-hydrogen) atoms. The molecule has 0 atom stereocenters. The molecule has 0 bridgehead atoms. The summed E-state index contributed by atoms with van der Waals surface area (Å²) < 4.78 is 20.4. The normalized spacial score (nSPS) is 16.0. The van der Waals surface area contributed by atoms with E-state index in [1.807, 2.05) is 11.6 Å². The van der Waals surface area contributed by atoms with Gasteiger partial charge in [-0.3, -0.25) is 4.79 Å². The van der Waals surface area contributed by atoms with Crippen molar-refractivity contribution in [1.82, 2.24) is 14.9 Å². The van der Waals surface area contributed by atoms with Crippen molar-refractivity contribution in [2.45, 2.75) is 24.8 Å². The van der Waals surface area contributed by atoms with Gasteiger partial charge in [0.2, 0.25) is 5.91 Å². The van der Waals surface area contributed by atoms with E-state index in [-0.39, 0.29) is 36.5 Å². The molecular formula is C16H23Cl2FN4O2. The van der Waals surface area contributed by atoms with Gasteiger partial charge >= 0.3 is 0 Å². The summed E-state index contributed by atoms with van der Waals surface area (Å²) in [6, 6.07) is 4.53. The number of nitrogens with one attached hydrogen (secondary N) is 1. The molecule has 6 nitrogen and oxygen atoms in total. The van der Waals surface area contributed by atoms with Gasteiger partial charge in [-0.2, -0.15) is 0 Å². The maximum atomic E-state index is 13.3. The monoisotopic (exact) mass is 392 g/mol. The first kappa shape index (κ1) is 21.6. The van der Waals surface area contributed by atoms with E-state index in [2.05, 4.69) is 10.3 Å². The van der Waals surface area contributed by atoms with E-state index in [9.17, 15) is 9.18 Å². The molecule has 1 amide bonds. The lowest BCUT2D eigenvalue weighted by atomic mass is 9.90. The van der Waals surface area contributed by atoms with Crippen LogP contribution in [-0.2, 0) is 23.0 Å². The number of carbonyl (C=O) groups is 1. The summed E-state index contributed by atoms with van der Waals surface area (Å²) in [5.41, 5.74) is 6.78. The summed E-state index contributed by atoms with van der Waals surface area (Å²) in [6.07, 6.45) is 1.62. The standard InChI is InChI=1S/C16H21FN4O2.2ClH/c1-21-13-3-2-11(17)10-12(13)20-14(21)4-7-19-15(22)16(18)5-8-23-9-6-16;;/h2-3,10H,4-9,18H2,1H3,(H,19,22);2*1H. The molecule has 1 saturated heterocycles. The third kappa shape index (κ3) is 4.61. The zero-order chi connectivity index (χ0) is 16.4. The van der Waals surface area contributed by atoms with Gasteiger partial charge in [0, 0.05) is 39.3 Å². The number of halogens is 3. The average Bonchev–Trinajstić information content (AvgIpc) is 2.83. The molecule has 1 aromatic carbocycles. The van der Waals surface area contributed by atoms with E-state index in [0.29, 0.717) is 44.5 Å². The fraction of sp³-hybridized carbons (Fsp3) is 0.500. The number of imidazole rings is 1. The van der Waals surface area contributed by atoms with Crippen molar-refractivity contribution in [3.05, 3.63) is 29.8 Å². The molecule has 1 aliphatic rings. The van der Waals surface area contributed by atoms with Crippen molar-refractivity contribution < 1.29 is 13.9 Å². The number of aromatic nitrogens is 2. The van der Waals surface area contributed by atoms with Crippen molar-refractivity contribution in [2.24, 2.45) is 12.8 Å². The van der Waals surface area contributed by atoms with Gasteiger partial charge in [-0.25, -0.2) is 9.37 Å². The Hall–Kier alpha value is -1.41. The molecule has 0 unspecified atom stereocenters. The maximum absolute atomic E-state index is 13.3. The van der Waals surface area contributed by atoms with E-state index in [4.69, 9.17) is 10.5 Å². The number of carbonyl (C=O) groups excluding carboxylic acids is 1. The Morgan fingerprint density at radius 3 is 2.76 bits per heavy atom. The number of benzene rings is 1. The number of hydrogen-bond acceptors (Lipinski definition) is 4. The molecule has 0 radical (unpaired) electrons. The van der Waals surface area contributed by atoms with Crippen molar-refractivity contribution >= 4 is 41.8 Å². The van der Waals surface area contributed by atoms with Crippen LogP contribution in [0.4, 0.5) is 4.39 Å². The van der Waals surface area contributed by atoms with Gasteiger partial charge in [0.05, 0.1) is 16.6 Å². The van der Waals surface area contributed by atoms with Crippen LogP contribution in [-0.4, -0.2) is 40.8 Å². The second-order valence-electron chi connectivity index (χ2n) is 5.99. The molecule has 140 valence electrons. The third-order valence-electron chi connectivity index (χ3n) is 4.41. The Morgan fingerprint density at radius 1 is 1.40 bits per heavy atom. The molecule has 0 spiro atoms. The number of hydrogen-bond donors (Lipinski definition) is 2. The molecule has 0 saturated carbocycles. The van der Waals surface area contributed by atoms with Gasteiger partial charge in [0.25, 0.3) is 0 Å². The van der Waals surface area contributed by atoms with Crippen molar-refractivity contribution in [2.75, 3.05) is 19.8 Å². The van der Waals surface area contributed by atoms with E-state index >= 15 is 0 Å². The van der Waals surface area contributed by atoms with Crippen molar-refractivity contribution in [3.8, 4) is 0 Å². The Bertz CT molecular complexity index is 732. The minimum atomic E-state index is -0.840. The van der Waals surface area contributed by atoms with Crippen molar-refractivity contribution in [3.63, 3.8) is 0 Å². The van der Waals surface area contributed by atoms with Crippen LogP contribution in [0.3, 0.4) is 0 Å². The Kier molecular flexibility index (Phi) is 7.62. The lowest BCUT2D eigenvalue weighted by Gasteiger charge is -2.31. The van der Waals surface area contributed by atoms with Gasteiger partial charge in [-0.05, 0) is 25.0 Å². The van der Waals surface area contributed by atoms with Crippen LogP contribution in [0.2, 0.25) is 0 Å². The lowest BCUT2D eigenvalue weighted by Crippen LogP contribution is -2.57. The minimum absolute atomic E-state index is 0. The summed E-state index contributed by atoms with van der Waals surface area (Å²) in [5, 5.41) is 2.88. The van der Waals surface area contributed by atoms with E-state index in [1.54, 1.807) is 6.07 Å². The topological polar surface area (TPSA) is 82.2 Å². The predicted molar refractivity (Wildman–Crippen MR) is 98.9 cm³/mol. The number of rotatable bonds is 4. The number of aryl methyl sites for hydroxylation is 1. The largest absolute Gasteiger partial charge is 0.381 e. The first-order valence-corrected chi connectivity index (χ1v) is 7.75. The fourth-order valence-electron chi connectivity index (χ4n) is 2.87. The smallest absolute Gasteiger partial charge is 0.240 e. The van der Waals surface area contributed by atoms with Gasteiger partial charge < -0.3 is 20.4 Å². The Labute approximate surface area is 158 Å². The molecule has 1 aliphatic heterocycles. The van der Waals surface area contributed by atoms with E-state index in [0.717, 1.165) is 11.3 Å². The zero-order valence-corrected chi connectivity index (χ0v) is 15.6. The summed E-state index contributed by atoms with van der Waals surface area (Å²) in [6.45, 7) is 1.47. The SMILES string of the molecule is Cl.Cl.Cn1c(CCNC(=O)C2(N)CCOCC2)nc2cc(F)ccc21. The highest BCUT2D eigenvalue weighted by atomic mass is 35.5. The Morgan fingerprint density at radius 2 is 2.08 bits per heavy atom. The zero-order valence-electron chi connectivity index (χ0n) is 14.0. The minimum Gasteiger partial charge on any atom is -0.381 e. The number of nitrogens with zero attached hydrogens (tertiary/aromatic N) is 2. The van der Waals surface area contributed by atoms with Crippen molar-refractivity contribution in [1.29, 1.82) is 0 Å². The molecule has 1 fully saturated rings. The highest BCUT2D eigenvalue weighted by molar-refractivity contribution is 5.86. The second-order valence-corrected chi connectivity index (χ2v) is 5.99. The average molecular weight is 393 g/mol. The maximum Gasteiger partial charge on any atom is 0.240 e. The molecule has 2 aromatic rings. The molecule has 3 N–H and O–H groups in total. The van der Waals surface area contributed by atoms with Crippen LogP contribution in [0.15, 0.2) is 18.2 Å². The molecule has 3 rings (SSSR count). The summed E-state index contributed by atoms with van der Waals surface area (Å²) >= 11 is 0. The molecule has 1 aromatic heterocycles. The fourth-order valence-corrected chi connectivity index (χ4v) is 2.87. The molecular weight excluding hydrogens is 370 g/mol. The molecule has 9 heteroatoms. The van der Waals surface area contributed by atoms with E-state index in [1.165, 1.54) is 12.1 Å². The summed E-state index contributed by atoms with van der Waals surface area (Å²) in [4.78, 5) is 16.7. The highest BCUT2D eigenvalue weighted by Crippen LogP contribution is 2.18. The lowest BCUT2D eigenvalue weighted by molar-refractivity contribution is -0.129. The van der Waals surface area contributed by atoms with Gasteiger partial charge in [0.15, 0.2) is 0 Å². The van der Waals surface area contributed by atoms with Crippen LogP contribution in [0, 0.1) is 5.82 Å². The first-order chi connectivity index (χ1) is 11.0. The highest BCUT2D eigenvalue weighted by Gasteiger charge is 2.35. The molecule has 2 heterocycles. The van der Waals surface area contributed by atoms with Crippen LogP contribution >= 0.6 is 24.8 Å². The van der Waals surface area contributed by atoms with Crippen LogP contribution in [0.5, 0.6) is 0 Å². The van der Waals surface area contributed by atoms with Gasteiger partial charge in [-0.15, -0.1) is 24.8 Å². The third-order valence-corrected chi connectivity index (χ3v) is 4.41. The number of nitrogens with two attached hydrogens (primary N) is 1. The van der Waals surface area contributed by atoms with E-state index < -0.39 is 5.54 Å². The number of ether oxygens (including phenoxy) is 1.